The number of phenols is 1. The van der Waals surface area contributed by atoms with E-state index in [9.17, 15) is 9.90 Å². The molecule has 34 heavy (non-hydrogen) atoms. The van der Waals surface area contributed by atoms with E-state index in [0.717, 1.165) is 56.1 Å². The Hall–Kier alpha value is -1.91. The lowest BCUT2D eigenvalue weighted by Crippen LogP contribution is -2.08. The molecule has 0 aliphatic heterocycles. The zero-order valence-corrected chi connectivity index (χ0v) is 22.1. The predicted molar refractivity (Wildman–Crippen MR) is 141 cm³/mol. The van der Waals surface area contributed by atoms with E-state index < -0.39 is 6.16 Å². The van der Waals surface area contributed by atoms with Gasteiger partial charge in [0.2, 0.25) is 0 Å². The van der Waals surface area contributed by atoms with Crippen molar-refractivity contribution < 1.29 is 24.5 Å². The summed E-state index contributed by atoms with van der Waals surface area (Å²) in [5, 5.41) is 20.1. The highest BCUT2D eigenvalue weighted by Crippen LogP contribution is 2.41. The molecule has 0 aliphatic carbocycles. The van der Waals surface area contributed by atoms with E-state index in [2.05, 4.69) is 20.8 Å². The molecule has 0 unspecified atom stereocenters. The highest BCUT2D eigenvalue weighted by molar-refractivity contribution is 5.66. The predicted octanol–water partition coefficient (Wildman–Crippen LogP) is 9.21. The van der Waals surface area contributed by atoms with Crippen LogP contribution in [-0.2, 0) is 12.8 Å². The molecule has 1 aromatic carbocycles. The molecule has 5 heteroatoms. The molecule has 0 bridgehead atoms. The quantitative estimate of drug-likeness (QED) is 0.105. The van der Waals surface area contributed by atoms with Crippen LogP contribution < -0.4 is 9.47 Å². The van der Waals surface area contributed by atoms with Crippen LogP contribution in [0.5, 0.6) is 17.2 Å². The smallest absolute Gasteiger partial charge is 0.504 e. The highest BCUT2D eigenvalue weighted by atomic mass is 16.7. The Bertz CT molecular complexity index is 671. The minimum absolute atomic E-state index is 0.0136. The normalized spacial score (nSPS) is 11.0. The van der Waals surface area contributed by atoms with Crippen LogP contribution in [0, 0.1) is 0 Å². The summed E-state index contributed by atoms with van der Waals surface area (Å²) < 4.78 is 11.0. The van der Waals surface area contributed by atoms with Gasteiger partial charge in [-0.05, 0) is 32.1 Å². The average Bonchev–Trinajstić information content (AvgIpc) is 2.81. The molecular weight excluding hydrogens is 428 g/mol. The van der Waals surface area contributed by atoms with E-state index >= 15 is 0 Å². The summed E-state index contributed by atoms with van der Waals surface area (Å²) in [5.74, 6) is 0.626. The molecule has 1 rings (SSSR count). The van der Waals surface area contributed by atoms with Crippen molar-refractivity contribution in [3.05, 3.63) is 17.2 Å². The first-order valence-corrected chi connectivity index (χ1v) is 14.0. The lowest BCUT2D eigenvalue weighted by Gasteiger charge is -2.19. The Kier molecular flexibility index (Phi) is 17.2. The van der Waals surface area contributed by atoms with Crippen molar-refractivity contribution in [1.29, 1.82) is 0 Å². The van der Waals surface area contributed by atoms with E-state index in [0.29, 0.717) is 18.8 Å². The van der Waals surface area contributed by atoms with E-state index in [-0.39, 0.29) is 11.5 Å². The van der Waals surface area contributed by atoms with Crippen LogP contribution in [0.4, 0.5) is 4.79 Å². The number of ether oxygens (including phenoxy) is 2. The third-order valence-electron chi connectivity index (χ3n) is 6.46. The fraction of sp³-hybridized carbons (Fsp3) is 0.759. The van der Waals surface area contributed by atoms with Crippen molar-refractivity contribution in [1.82, 2.24) is 0 Å². The lowest BCUT2D eigenvalue weighted by atomic mass is 9.94. The van der Waals surface area contributed by atoms with E-state index in [1.165, 1.54) is 64.2 Å². The van der Waals surface area contributed by atoms with Gasteiger partial charge in [0, 0.05) is 17.2 Å². The van der Waals surface area contributed by atoms with Crippen LogP contribution in [-0.4, -0.2) is 23.0 Å². The second kappa shape index (κ2) is 19.4. The number of aromatic hydroxyl groups is 1. The molecule has 0 atom stereocenters. The summed E-state index contributed by atoms with van der Waals surface area (Å²) >= 11 is 0. The summed E-state index contributed by atoms with van der Waals surface area (Å²) in [4.78, 5) is 11.2. The van der Waals surface area contributed by atoms with E-state index in [4.69, 9.17) is 14.6 Å². The van der Waals surface area contributed by atoms with Crippen molar-refractivity contribution in [3.63, 3.8) is 0 Å². The summed E-state index contributed by atoms with van der Waals surface area (Å²) in [6, 6.07) is 1.57. The third kappa shape index (κ3) is 12.5. The Morgan fingerprint density at radius 2 is 1.15 bits per heavy atom. The second-order valence-electron chi connectivity index (χ2n) is 9.49. The topological polar surface area (TPSA) is 76.0 Å². The fourth-order valence-electron chi connectivity index (χ4n) is 4.40. The fourth-order valence-corrected chi connectivity index (χ4v) is 4.40. The molecule has 0 heterocycles. The summed E-state index contributed by atoms with van der Waals surface area (Å²) in [6.07, 6.45) is 19.0. The van der Waals surface area contributed by atoms with Gasteiger partial charge in [-0.1, -0.05) is 104 Å². The monoisotopic (exact) mass is 478 g/mol. The molecule has 5 nitrogen and oxygen atoms in total. The molecule has 0 saturated heterocycles. The van der Waals surface area contributed by atoms with Gasteiger partial charge < -0.3 is 19.7 Å². The van der Waals surface area contributed by atoms with Crippen molar-refractivity contribution in [2.75, 3.05) is 6.61 Å². The molecule has 1 aromatic rings. The molecule has 0 saturated carbocycles. The molecule has 0 amide bonds. The van der Waals surface area contributed by atoms with Crippen molar-refractivity contribution >= 4 is 6.16 Å². The van der Waals surface area contributed by atoms with Crippen molar-refractivity contribution in [2.24, 2.45) is 0 Å². The number of phenolic OH excluding ortho intramolecular Hbond substituents is 1. The van der Waals surface area contributed by atoms with Crippen LogP contribution in [0.2, 0.25) is 0 Å². The second-order valence-corrected chi connectivity index (χ2v) is 9.49. The molecule has 0 aromatic heterocycles. The van der Waals surface area contributed by atoms with Crippen LogP contribution in [0.1, 0.15) is 135 Å². The third-order valence-corrected chi connectivity index (χ3v) is 6.46. The number of hydrogen-bond acceptors (Lipinski definition) is 4. The molecule has 0 radical (unpaired) electrons. The number of hydrogen-bond donors (Lipinski definition) is 2. The van der Waals surface area contributed by atoms with Gasteiger partial charge in [0.05, 0.1) is 6.61 Å². The first-order valence-electron chi connectivity index (χ1n) is 14.0. The van der Waals surface area contributed by atoms with Gasteiger partial charge in [-0.25, -0.2) is 4.79 Å². The molecule has 0 aliphatic rings. The maximum absolute atomic E-state index is 11.2. The summed E-state index contributed by atoms with van der Waals surface area (Å²) in [5.41, 5.74) is 1.84. The van der Waals surface area contributed by atoms with Crippen LogP contribution in [0.25, 0.3) is 0 Å². The summed E-state index contributed by atoms with van der Waals surface area (Å²) in [7, 11) is 0. The standard InChI is InChI=1S/C29H50O5/c1-4-7-10-12-14-16-18-20-24-25(21-19-17-15-13-11-8-5-2)28(30)27(34-29(31)32)23-26(24)33-22-9-6-3/h23,30H,4-22H2,1-3H3,(H,31,32). The zero-order chi connectivity index (χ0) is 25.0. The number of unbranched alkanes of at least 4 members (excludes halogenated alkanes) is 13. The van der Waals surface area contributed by atoms with Crippen molar-refractivity contribution in [2.45, 2.75) is 136 Å². The first-order chi connectivity index (χ1) is 16.5. The maximum Gasteiger partial charge on any atom is 0.511 e. The molecular formula is C29H50O5. The first kappa shape index (κ1) is 30.1. The SMILES string of the molecule is CCCCCCCCCc1c(OCCCC)cc(OC(=O)O)c(O)c1CCCCCCCCC. The van der Waals surface area contributed by atoms with Gasteiger partial charge in [0.25, 0.3) is 0 Å². The average molecular weight is 479 g/mol. The van der Waals surface area contributed by atoms with Gasteiger partial charge in [0.15, 0.2) is 11.5 Å². The zero-order valence-electron chi connectivity index (χ0n) is 22.1. The number of carboxylic acid groups (broad SMARTS) is 1. The maximum atomic E-state index is 11.2. The minimum Gasteiger partial charge on any atom is -0.504 e. The number of rotatable bonds is 21. The Balaban J connectivity index is 2.95. The Morgan fingerprint density at radius 1 is 0.676 bits per heavy atom. The van der Waals surface area contributed by atoms with E-state index in [1.807, 2.05) is 0 Å². The van der Waals surface area contributed by atoms with Crippen LogP contribution >= 0.6 is 0 Å². The number of carbonyl (C=O) groups is 1. The highest BCUT2D eigenvalue weighted by Gasteiger charge is 2.21. The molecule has 196 valence electrons. The van der Waals surface area contributed by atoms with Gasteiger partial charge in [0.1, 0.15) is 5.75 Å². The minimum atomic E-state index is -1.42. The van der Waals surface area contributed by atoms with Gasteiger partial charge in [-0.3, -0.25) is 0 Å². The number of benzene rings is 1. The van der Waals surface area contributed by atoms with Crippen LogP contribution in [0.3, 0.4) is 0 Å². The van der Waals surface area contributed by atoms with Gasteiger partial charge in [-0.15, -0.1) is 0 Å². The molecule has 0 spiro atoms. The van der Waals surface area contributed by atoms with Crippen LogP contribution in [0.15, 0.2) is 6.07 Å². The Labute approximate surface area is 208 Å². The Morgan fingerprint density at radius 3 is 1.65 bits per heavy atom. The van der Waals surface area contributed by atoms with Gasteiger partial charge >= 0.3 is 6.16 Å². The molecule has 0 fully saturated rings. The van der Waals surface area contributed by atoms with E-state index in [1.54, 1.807) is 6.07 Å². The lowest BCUT2D eigenvalue weighted by molar-refractivity contribution is 0.142. The van der Waals surface area contributed by atoms with Gasteiger partial charge in [-0.2, -0.15) is 0 Å². The largest absolute Gasteiger partial charge is 0.511 e. The van der Waals surface area contributed by atoms with Crippen molar-refractivity contribution in [3.8, 4) is 17.2 Å². The molecule has 2 N–H and O–H groups in total. The summed E-state index contributed by atoms with van der Waals surface area (Å²) in [6.45, 7) is 7.15.